The molecule has 1 atom stereocenters. The predicted molar refractivity (Wildman–Crippen MR) is 81.3 cm³/mol. The monoisotopic (exact) mass is 343 g/mol. The van der Waals surface area contributed by atoms with Gasteiger partial charge >= 0.3 is 12.3 Å². The number of likely N-dealkylation sites (tertiary alicyclic amines) is 1. The second kappa shape index (κ2) is 6.45. The Bertz CT molecular complexity index is 617. The van der Waals surface area contributed by atoms with Crippen LogP contribution >= 0.6 is 0 Å². The number of amides is 2. The van der Waals surface area contributed by atoms with Gasteiger partial charge in [-0.2, -0.15) is 13.2 Å². The molecule has 1 fully saturated rings. The zero-order valence-electron chi connectivity index (χ0n) is 13.8. The van der Waals surface area contributed by atoms with Gasteiger partial charge in [-0.3, -0.25) is 4.79 Å². The number of benzene rings is 1. The number of carbonyl (C=O) groups excluding carboxylic acids is 2. The topological polar surface area (TPSA) is 46.6 Å². The quantitative estimate of drug-likeness (QED) is 0.809. The van der Waals surface area contributed by atoms with Crippen LogP contribution in [-0.4, -0.2) is 28.5 Å². The van der Waals surface area contributed by atoms with Gasteiger partial charge in [0.05, 0.1) is 5.56 Å². The summed E-state index contributed by atoms with van der Waals surface area (Å²) in [6, 6.07) is 4.36. The summed E-state index contributed by atoms with van der Waals surface area (Å²) in [7, 11) is 0. The Labute approximate surface area is 138 Å². The molecule has 7 heteroatoms. The molecule has 132 valence electrons. The predicted octanol–water partition coefficient (Wildman–Crippen LogP) is 4.17. The number of carbonyl (C=O) groups is 2. The molecule has 0 unspecified atom stereocenters. The lowest BCUT2D eigenvalue weighted by Crippen LogP contribution is -2.43. The third kappa shape index (κ3) is 4.49. The molecule has 0 aliphatic carbocycles. The zero-order valence-corrected chi connectivity index (χ0v) is 13.8. The third-order valence-corrected chi connectivity index (χ3v) is 3.67. The van der Waals surface area contributed by atoms with Crippen LogP contribution in [0.5, 0.6) is 0 Å². The van der Waals surface area contributed by atoms with E-state index in [1.54, 1.807) is 20.8 Å². The van der Waals surface area contributed by atoms with Gasteiger partial charge in [0.15, 0.2) is 0 Å². The molecule has 0 N–H and O–H groups in total. The lowest BCUT2D eigenvalue weighted by atomic mass is 10.0. The first-order valence-corrected chi connectivity index (χ1v) is 7.68. The molecule has 2 rings (SSSR count). The normalized spacial score (nSPS) is 18.8. The first-order valence-electron chi connectivity index (χ1n) is 7.68. The minimum atomic E-state index is -4.38. The molecule has 0 bridgehead atoms. The number of hydrogen-bond donors (Lipinski definition) is 0. The van der Waals surface area contributed by atoms with Gasteiger partial charge in [0, 0.05) is 12.5 Å². The summed E-state index contributed by atoms with van der Waals surface area (Å²) in [5.74, 6) is -0.318. The van der Waals surface area contributed by atoms with E-state index >= 15 is 0 Å². The van der Waals surface area contributed by atoms with Gasteiger partial charge in [-0.25, -0.2) is 9.69 Å². The van der Waals surface area contributed by atoms with E-state index in [0.29, 0.717) is 18.4 Å². The van der Waals surface area contributed by atoms with Crippen LogP contribution in [0, 0.1) is 0 Å². The fraction of sp³-hybridized carbons (Fsp3) is 0.529. The molecule has 1 heterocycles. The Morgan fingerprint density at radius 2 is 1.79 bits per heavy atom. The summed E-state index contributed by atoms with van der Waals surface area (Å²) in [5.41, 5.74) is -0.812. The van der Waals surface area contributed by atoms with E-state index in [9.17, 15) is 22.8 Å². The van der Waals surface area contributed by atoms with Crippen LogP contribution in [0.2, 0.25) is 0 Å². The molecule has 1 aliphatic heterocycles. The van der Waals surface area contributed by atoms with Crippen molar-refractivity contribution in [1.29, 1.82) is 0 Å². The minimum Gasteiger partial charge on any atom is -0.443 e. The van der Waals surface area contributed by atoms with E-state index in [4.69, 9.17) is 4.74 Å². The van der Waals surface area contributed by atoms with E-state index < -0.39 is 29.5 Å². The molecular weight excluding hydrogens is 323 g/mol. The van der Waals surface area contributed by atoms with Crippen LogP contribution in [0.15, 0.2) is 24.3 Å². The van der Waals surface area contributed by atoms with Crippen molar-refractivity contribution >= 4 is 12.0 Å². The molecule has 2 amide bonds. The highest BCUT2D eigenvalue weighted by Crippen LogP contribution is 2.30. The number of ether oxygens (including phenoxy) is 1. The molecule has 0 spiro atoms. The highest BCUT2D eigenvalue weighted by Gasteiger charge is 2.38. The summed E-state index contributed by atoms with van der Waals surface area (Å²) in [4.78, 5) is 25.2. The van der Waals surface area contributed by atoms with Crippen LogP contribution in [0.4, 0.5) is 18.0 Å². The average molecular weight is 343 g/mol. The molecule has 24 heavy (non-hydrogen) atoms. The second-order valence-electron chi connectivity index (χ2n) is 6.84. The summed E-state index contributed by atoms with van der Waals surface area (Å²) < 4.78 is 43.0. The molecule has 1 aliphatic rings. The van der Waals surface area contributed by atoms with Crippen molar-refractivity contribution in [2.24, 2.45) is 0 Å². The van der Waals surface area contributed by atoms with Gasteiger partial charge in [0.2, 0.25) is 5.91 Å². The van der Waals surface area contributed by atoms with Crippen LogP contribution < -0.4 is 0 Å². The molecule has 1 aromatic rings. The van der Waals surface area contributed by atoms with Crippen molar-refractivity contribution in [1.82, 2.24) is 4.90 Å². The average Bonchev–Trinajstić information content (AvgIpc) is 2.77. The highest BCUT2D eigenvalue weighted by molar-refractivity contribution is 5.94. The standard InChI is InChI=1S/C17H20F3NO3/c1-16(2,3)24-15(23)21-13(8-9-14(21)22)10-11-4-6-12(7-5-11)17(18,19)20/h4-7,13H,8-10H2,1-3H3/t13-/m1/s1. The number of rotatable bonds is 2. The number of alkyl halides is 3. The number of imide groups is 1. The summed E-state index contributed by atoms with van der Waals surface area (Å²) in [6.45, 7) is 5.11. The van der Waals surface area contributed by atoms with Crippen molar-refractivity contribution in [2.75, 3.05) is 0 Å². The van der Waals surface area contributed by atoms with E-state index in [0.717, 1.165) is 17.0 Å². The third-order valence-electron chi connectivity index (χ3n) is 3.67. The molecule has 1 aromatic carbocycles. The van der Waals surface area contributed by atoms with Gasteiger partial charge in [0.25, 0.3) is 0 Å². The van der Waals surface area contributed by atoms with Crippen LogP contribution in [-0.2, 0) is 22.1 Å². The van der Waals surface area contributed by atoms with Crippen molar-refractivity contribution in [3.05, 3.63) is 35.4 Å². The maximum Gasteiger partial charge on any atom is 0.417 e. The Balaban J connectivity index is 2.10. The second-order valence-corrected chi connectivity index (χ2v) is 6.84. The van der Waals surface area contributed by atoms with Crippen LogP contribution in [0.25, 0.3) is 0 Å². The largest absolute Gasteiger partial charge is 0.443 e. The number of hydrogen-bond acceptors (Lipinski definition) is 3. The van der Waals surface area contributed by atoms with Crippen molar-refractivity contribution in [3.8, 4) is 0 Å². The first kappa shape index (κ1) is 18.3. The highest BCUT2D eigenvalue weighted by atomic mass is 19.4. The van der Waals surface area contributed by atoms with E-state index in [1.807, 2.05) is 0 Å². The first-order chi connectivity index (χ1) is 11.0. The van der Waals surface area contributed by atoms with E-state index in [1.165, 1.54) is 12.1 Å². The Hall–Kier alpha value is -2.05. The van der Waals surface area contributed by atoms with Crippen molar-refractivity contribution in [3.63, 3.8) is 0 Å². The molecule has 1 saturated heterocycles. The summed E-state index contributed by atoms with van der Waals surface area (Å²) in [5, 5.41) is 0. The van der Waals surface area contributed by atoms with Crippen LogP contribution in [0.3, 0.4) is 0 Å². The van der Waals surface area contributed by atoms with E-state index in [2.05, 4.69) is 0 Å². The summed E-state index contributed by atoms with van der Waals surface area (Å²) in [6.07, 6.45) is -4.08. The Morgan fingerprint density at radius 1 is 1.21 bits per heavy atom. The number of nitrogens with zero attached hydrogens (tertiary/aromatic N) is 1. The molecular formula is C17H20F3NO3. The Kier molecular flexibility index (Phi) is 4.92. The smallest absolute Gasteiger partial charge is 0.417 e. The lowest BCUT2D eigenvalue weighted by molar-refractivity contribution is -0.137. The molecule has 0 saturated carbocycles. The van der Waals surface area contributed by atoms with Gasteiger partial charge < -0.3 is 4.74 Å². The lowest BCUT2D eigenvalue weighted by Gasteiger charge is -2.27. The SMILES string of the molecule is CC(C)(C)OC(=O)N1C(=O)CC[C@@H]1Cc1ccc(C(F)(F)F)cc1. The van der Waals surface area contributed by atoms with Crippen molar-refractivity contribution < 1.29 is 27.5 Å². The molecule has 0 radical (unpaired) electrons. The van der Waals surface area contributed by atoms with Gasteiger partial charge in [0.1, 0.15) is 5.60 Å². The van der Waals surface area contributed by atoms with Gasteiger partial charge in [-0.05, 0) is 51.3 Å². The van der Waals surface area contributed by atoms with Crippen LogP contribution in [0.1, 0.15) is 44.7 Å². The van der Waals surface area contributed by atoms with Gasteiger partial charge in [-0.15, -0.1) is 0 Å². The fourth-order valence-electron chi connectivity index (χ4n) is 2.60. The van der Waals surface area contributed by atoms with Crippen molar-refractivity contribution in [2.45, 2.75) is 57.9 Å². The minimum absolute atomic E-state index is 0.227. The maximum absolute atomic E-state index is 12.6. The van der Waals surface area contributed by atoms with Gasteiger partial charge in [-0.1, -0.05) is 12.1 Å². The van der Waals surface area contributed by atoms with E-state index in [-0.39, 0.29) is 12.3 Å². The maximum atomic E-state index is 12.6. The fourth-order valence-corrected chi connectivity index (χ4v) is 2.60. The molecule has 0 aromatic heterocycles. The number of halogens is 3. The zero-order chi connectivity index (χ0) is 18.1. The summed E-state index contributed by atoms with van der Waals surface area (Å²) >= 11 is 0. The molecule has 4 nitrogen and oxygen atoms in total. The Morgan fingerprint density at radius 3 is 2.29 bits per heavy atom.